The zero-order chi connectivity index (χ0) is 27.4. The van der Waals surface area contributed by atoms with Gasteiger partial charge in [0.1, 0.15) is 17.3 Å². The lowest BCUT2D eigenvalue weighted by Crippen LogP contribution is -2.37. The van der Waals surface area contributed by atoms with Gasteiger partial charge in [0.05, 0.1) is 28.8 Å². The molecule has 0 aliphatic carbocycles. The second-order valence-corrected chi connectivity index (χ2v) is 9.22. The summed E-state index contributed by atoms with van der Waals surface area (Å²) in [6.45, 7) is 0.755. The molecular formula is C28H29N5O6. The quantitative estimate of drug-likeness (QED) is 0.273. The number of rotatable bonds is 9. The minimum atomic E-state index is -0.712. The molecule has 1 saturated heterocycles. The van der Waals surface area contributed by atoms with Crippen LogP contribution < -0.4 is 26.6 Å². The van der Waals surface area contributed by atoms with E-state index in [-0.39, 0.29) is 30.0 Å². The molecule has 2 aliphatic heterocycles. The van der Waals surface area contributed by atoms with Crippen LogP contribution in [0.5, 0.6) is 11.5 Å². The van der Waals surface area contributed by atoms with Crippen LogP contribution in [0.15, 0.2) is 84.2 Å². The molecule has 0 saturated carbocycles. The van der Waals surface area contributed by atoms with Gasteiger partial charge in [0.2, 0.25) is 5.91 Å². The number of para-hydroxylation sites is 1. The number of nitrogens with one attached hydrogen (secondary N) is 1. The Balaban J connectivity index is 1.42. The maximum absolute atomic E-state index is 12.5. The van der Waals surface area contributed by atoms with Crippen molar-refractivity contribution in [2.24, 2.45) is 11.5 Å². The van der Waals surface area contributed by atoms with Gasteiger partial charge in [0.25, 0.3) is 5.69 Å². The smallest absolute Gasteiger partial charge is 0.271 e. The zero-order valence-corrected chi connectivity index (χ0v) is 21.1. The molecule has 2 unspecified atom stereocenters. The molecule has 0 spiro atoms. The van der Waals surface area contributed by atoms with Gasteiger partial charge in [0, 0.05) is 24.3 Å². The van der Waals surface area contributed by atoms with E-state index in [1.165, 1.54) is 17.1 Å². The molecule has 5 N–H and O–H groups in total. The van der Waals surface area contributed by atoms with Crippen molar-refractivity contribution in [3.63, 3.8) is 0 Å². The van der Waals surface area contributed by atoms with E-state index in [4.69, 9.17) is 25.7 Å². The summed E-state index contributed by atoms with van der Waals surface area (Å²) >= 11 is 0. The number of nitro groups is 1. The lowest BCUT2D eigenvalue weighted by atomic mass is 9.99. The van der Waals surface area contributed by atoms with E-state index in [2.05, 4.69) is 5.43 Å². The van der Waals surface area contributed by atoms with E-state index in [0.717, 1.165) is 19.3 Å². The summed E-state index contributed by atoms with van der Waals surface area (Å²) in [7, 11) is 0. The monoisotopic (exact) mass is 531 g/mol. The van der Waals surface area contributed by atoms with Crippen LogP contribution in [0.1, 0.15) is 36.4 Å². The van der Waals surface area contributed by atoms with Gasteiger partial charge in [0.15, 0.2) is 6.29 Å². The van der Waals surface area contributed by atoms with E-state index < -0.39 is 16.9 Å². The molecule has 0 aromatic heterocycles. The minimum Gasteiger partial charge on any atom is -0.457 e. The van der Waals surface area contributed by atoms with Crippen molar-refractivity contribution >= 4 is 17.3 Å². The molecule has 11 nitrogen and oxygen atoms in total. The lowest BCUT2D eigenvalue weighted by molar-refractivity contribution is -0.384. The summed E-state index contributed by atoms with van der Waals surface area (Å²) in [5.41, 5.74) is 17.1. The Bertz CT molecular complexity index is 1370. The fourth-order valence-electron chi connectivity index (χ4n) is 4.61. The average molecular weight is 532 g/mol. The van der Waals surface area contributed by atoms with Crippen LogP contribution in [-0.4, -0.2) is 23.7 Å². The van der Waals surface area contributed by atoms with Crippen LogP contribution in [0, 0.1) is 10.1 Å². The van der Waals surface area contributed by atoms with Gasteiger partial charge >= 0.3 is 0 Å². The van der Waals surface area contributed by atoms with Gasteiger partial charge in [-0.3, -0.25) is 19.9 Å². The summed E-state index contributed by atoms with van der Waals surface area (Å²) in [6, 6.07) is 20.2. The number of primary amides is 1. The standard InChI is InChI=1S/C28H29N5O6/c29-27-25(28(30)34)26(18-10-13-22(14-11-18)39-21-6-2-1-3-7-21)31-32(27)23-16-20(33(35)36)12-9-19(23)17-38-24-8-4-5-15-37-24/h1-3,6-7,9-14,16,24,26,31H,4-5,8,15,17,29H2,(H2,30,34). The van der Waals surface area contributed by atoms with Crippen molar-refractivity contribution in [2.45, 2.75) is 38.2 Å². The Kier molecular flexibility index (Phi) is 7.73. The van der Waals surface area contributed by atoms with Crippen molar-refractivity contribution in [3.8, 4) is 11.5 Å². The first-order valence-corrected chi connectivity index (χ1v) is 12.6. The molecule has 2 aliphatic rings. The number of benzene rings is 3. The average Bonchev–Trinajstić information content (AvgIpc) is 3.30. The molecular weight excluding hydrogens is 502 g/mol. The summed E-state index contributed by atoms with van der Waals surface area (Å²) in [6.07, 6.45) is 2.40. The molecule has 0 radical (unpaired) electrons. The molecule has 1 fully saturated rings. The van der Waals surface area contributed by atoms with Gasteiger partial charge in [-0.15, -0.1) is 0 Å². The number of anilines is 1. The van der Waals surface area contributed by atoms with Crippen molar-refractivity contribution in [1.82, 2.24) is 5.43 Å². The maximum Gasteiger partial charge on any atom is 0.271 e. The Morgan fingerprint density at radius 2 is 1.82 bits per heavy atom. The normalized spacial score (nSPS) is 19.2. The van der Waals surface area contributed by atoms with Crippen LogP contribution in [0.3, 0.4) is 0 Å². The number of amides is 1. The van der Waals surface area contributed by atoms with Gasteiger partial charge in [-0.05, 0) is 55.2 Å². The minimum absolute atomic E-state index is 0.0489. The maximum atomic E-state index is 12.5. The molecule has 3 aromatic rings. The van der Waals surface area contributed by atoms with E-state index in [1.807, 2.05) is 30.3 Å². The molecule has 202 valence electrons. The summed E-state index contributed by atoms with van der Waals surface area (Å²) in [4.78, 5) is 23.6. The van der Waals surface area contributed by atoms with Crippen molar-refractivity contribution in [3.05, 3.63) is 105 Å². The Morgan fingerprint density at radius 3 is 2.49 bits per heavy atom. The molecule has 1 amide bonds. The SMILES string of the molecule is NC(=O)C1=C(N)N(c2cc([N+](=O)[O-])ccc2COC2CCCCO2)NC1c1ccc(Oc2ccccc2)cc1. The first-order chi connectivity index (χ1) is 18.9. The third-order valence-corrected chi connectivity index (χ3v) is 6.60. The van der Waals surface area contributed by atoms with Gasteiger partial charge in [-0.1, -0.05) is 30.3 Å². The van der Waals surface area contributed by atoms with E-state index in [0.29, 0.717) is 34.9 Å². The molecule has 39 heavy (non-hydrogen) atoms. The highest BCUT2D eigenvalue weighted by Crippen LogP contribution is 2.37. The topological polar surface area (TPSA) is 155 Å². The van der Waals surface area contributed by atoms with Crippen LogP contribution in [0.2, 0.25) is 0 Å². The second-order valence-electron chi connectivity index (χ2n) is 9.22. The van der Waals surface area contributed by atoms with Crippen LogP contribution in [0.25, 0.3) is 0 Å². The van der Waals surface area contributed by atoms with Gasteiger partial charge in [-0.25, -0.2) is 5.43 Å². The first kappa shape index (κ1) is 26.2. The molecule has 0 bridgehead atoms. The fraction of sp³-hybridized carbons (Fsp3) is 0.250. The Labute approximate surface area is 225 Å². The fourth-order valence-corrected chi connectivity index (χ4v) is 4.61. The van der Waals surface area contributed by atoms with Crippen molar-refractivity contribution in [1.29, 1.82) is 0 Å². The van der Waals surface area contributed by atoms with E-state index >= 15 is 0 Å². The number of hydrogen-bond acceptors (Lipinski definition) is 9. The largest absolute Gasteiger partial charge is 0.457 e. The number of nitrogens with zero attached hydrogens (tertiary/aromatic N) is 2. The van der Waals surface area contributed by atoms with Crippen molar-refractivity contribution in [2.75, 3.05) is 11.6 Å². The highest BCUT2D eigenvalue weighted by atomic mass is 16.7. The van der Waals surface area contributed by atoms with E-state index in [1.54, 1.807) is 30.3 Å². The number of nitro benzene ring substituents is 1. The second kappa shape index (κ2) is 11.5. The number of ether oxygens (including phenoxy) is 3. The number of hydrazine groups is 1. The predicted molar refractivity (Wildman–Crippen MR) is 143 cm³/mol. The van der Waals surface area contributed by atoms with Crippen LogP contribution in [-0.2, 0) is 20.9 Å². The summed E-state index contributed by atoms with van der Waals surface area (Å²) in [5, 5.41) is 13.0. The molecule has 3 aromatic carbocycles. The number of hydrogen-bond donors (Lipinski definition) is 3. The number of carbonyl (C=O) groups excluding carboxylic acids is 1. The summed E-state index contributed by atoms with van der Waals surface area (Å²) in [5.74, 6) is 0.639. The van der Waals surface area contributed by atoms with Crippen molar-refractivity contribution < 1.29 is 23.9 Å². The number of nitrogens with two attached hydrogens (primary N) is 2. The summed E-state index contributed by atoms with van der Waals surface area (Å²) < 4.78 is 17.5. The Morgan fingerprint density at radius 1 is 1.08 bits per heavy atom. The van der Waals surface area contributed by atoms with Gasteiger partial charge < -0.3 is 25.7 Å². The first-order valence-electron chi connectivity index (χ1n) is 12.6. The molecule has 11 heteroatoms. The number of carbonyl (C=O) groups is 1. The molecule has 2 atom stereocenters. The lowest BCUT2D eigenvalue weighted by Gasteiger charge is -2.26. The third kappa shape index (κ3) is 5.85. The van der Waals surface area contributed by atoms with Crippen LogP contribution in [0.4, 0.5) is 11.4 Å². The molecule has 2 heterocycles. The molecule has 5 rings (SSSR count). The van der Waals surface area contributed by atoms with Crippen LogP contribution >= 0.6 is 0 Å². The Hall–Kier alpha value is -4.45. The third-order valence-electron chi connectivity index (χ3n) is 6.60. The highest BCUT2D eigenvalue weighted by Gasteiger charge is 2.36. The van der Waals surface area contributed by atoms with E-state index in [9.17, 15) is 14.9 Å². The highest BCUT2D eigenvalue weighted by molar-refractivity contribution is 5.96. The predicted octanol–water partition coefficient (Wildman–Crippen LogP) is 4.15. The zero-order valence-electron chi connectivity index (χ0n) is 21.1. The number of non-ortho nitro benzene ring substituents is 1. The van der Waals surface area contributed by atoms with Gasteiger partial charge in [-0.2, -0.15) is 0 Å².